The summed E-state index contributed by atoms with van der Waals surface area (Å²) in [5, 5.41) is 0. The number of aliphatic imine (C=N–C) groups is 1. The number of hydrogen-bond acceptors (Lipinski definition) is 5. The lowest BCUT2D eigenvalue weighted by molar-refractivity contribution is -0.119. The smallest absolute Gasteiger partial charge is 0.150 e. The number of ketones is 1. The number of carbonyl (C=O) groups is 1. The first-order valence-corrected chi connectivity index (χ1v) is 9.84. The van der Waals surface area contributed by atoms with Gasteiger partial charge in [0.05, 0.1) is 31.0 Å². The monoisotopic (exact) mass is 403 g/mol. The summed E-state index contributed by atoms with van der Waals surface area (Å²) < 4.78 is 20.4. The minimum absolute atomic E-state index is 0.0449. The van der Waals surface area contributed by atoms with Crippen LogP contribution < -0.4 is 0 Å². The molecule has 0 unspecified atom stereocenters. The summed E-state index contributed by atoms with van der Waals surface area (Å²) in [6.45, 7) is 0.678. The lowest BCUT2D eigenvalue weighted by atomic mass is 9.92. The molecule has 3 aromatic rings. The predicted octanol–water partition coefficient (Wildman–Crippen LogP) is 3.90. The van der Waals surface area contributed by atoms with Gasteiger partial charge in [-0.25, -0.2) is 4.39 Å². The summed E-state index contributed by atoms with van der Waals surface area (Å²) in [6.07, 6.45) is 5.20. The lowest BCUT2D eigenvalue weighted by Gasteiger charge is -2.16. The van der Waals surface area contributed by atoms with Crippen molar-refractivity contribution >= 4 is 11.5 Å². The van der Waals surface area contributed by atoms with Gasteiger partial charge < -0.3 is 4.74 Å². The van der Waals surface area contributed by atoms with E-state index in [1.54, 1.807) is 25.7 Å². The Morgan fingerprint density at radius 1 is 1.17 bits per heavy atom. The number of Topliss-reactive ketones (excluding diaryl/α,β-unsaturated/α-hetero) is 1. The zero-order valence-electron chi connectivity index (χ0n) is 16.7. The summed E-state index contributed by atoms with van der Waals surface area (Å²) in [6, 6.07) is 13.4. The van der Waals surface area contributed by atoms with Gasteiger partial charge in [-0.2, -0.15) is 0 Å². The molecular formula is C24H22FN3O2. The van der Waals surface area contributed by atoms with Crippen molar-refractivity contribution in [1.82, 2.24) is 9.97 Å². The molecule has 0 radical (unpaired) electrons. The number of fused-ring (bicyclic) bond motifs is 1. The molecule has 6 heteroatoms. The van der Waals surface area contributed by atoms with Crippen LogP contribution in [0.3, 0.4) is 0 Å². The fourth-order valence-corrected chi connectivity index (χ4v) is 3.78. The Balaban J connectivity index is 1.50. The van der Waals surface area contributed by atoms with Crippen LogP contribution in [0.2, 0.25) is 0 Å². The predicted molar refractivity (Wildman–Crippen MR) is 112 cm³/mol. The maximum absolute atomic E-state index is 15.1. The first kappa shape index (κ1) is 20.0. The van der Waals surface area contributed by atoms with Crippen LogP contribution in [0, 0.1) is 5.82 Å². The third kappa shape index (κ3) is 4.19. The van der Waals surface area contributed by atoms with Crippen molar-refractivity contribution in [1.29, 1.82) is 0 Å². The molecule has 0 saturated carbocycles. The number of rotatable bonds is 8. The van der Waals surface area contributed by atoms with Crippen molar-refractivity contribution in [3.63, 3.8) is 0 Å². The second-order valence-corrected chi connectivity index (χ2v) is 7.29. The van der Waals surface area contributed by atoms with Crippen LogP contribution in [0.5, 0.6) is 0 Å². The zero-order chi connectivity index (χ0) is 20.9. The van der Waals surface area contributed by atoms with Crippen LogP contribution >= 0.6 is 0 Å². The van der Waals surface area contributed by atoms with Crippen LogP contribution in [-0.4, -0.2) is 35.2 Å². The molecule has 0 aliphatic carbocycles. The standard InChI is InChI=1S/C24H22FN3O2/c1-30-15-18(16-5-3-2-4-6-16)11-19(29)12-22-23(25)20-13-28-24(21(20)14-27-22)17-7-9-26-10-8-17/h2-10,14,18H,11-13,15H2,1H3/t18-/m1/s1. The lowest BCUT2D eigenvalue weighted by Crippen LogP contribution is -2.16. The Hall–Kier alpha value is -3.25. The van der Waals surface area contributed by atoms with Crippen molar-refractivity contribution in [2.75, 3.05) is 13.7 Å². The quantitative estimate of drug-likeness (QED) is 0.572. The molecule has 0 bridgehead atoms. The number of nitrogens with zero attached hydrogens (tertiary/aromatic N) is 3. The molecule has 1 aromatic carbocycles. The van der Waals surface area contributed by atoms with Gasteiger partial charge in [0.2, 0.25) is 0 Å². The highest BCUT2D eigenvalue weighted by atomic mass is 19.1. The molecule has 2 aromatic heterocycles. The Morgan fingerprint density at radius 2 is 1.93 bits per heavy atom. The molecule has 1 aliphatic heterocycles. The Bertz CT molecular complexity index is 1070. The van der Waals surface area contributed by atoms with Crippen molar-refractivity contribution in [2.24, 2.45) is 4.99 Å². The number of aromatic nitrogens is 2. The van der Waals surface area contributed by atoms with E-state index < -0.39 is 5.82 Å². The minimum atomic E-state index is -0.434. The summed E-state index contributed by atoms with van der Waals surface area (Å²) in [5.41, 5.74) is 3.96. The van der Waals surface area contributed by atoms with Gasteiger partial charge in [-0.1, -0.05) is 30.3 Å². The zero-order valence-corrected chi connectivity index (χ0v) is 16.7. The van der Waals surface area contributed by atoms with Crippen LogP contribution in [0.4, 0.5) is 4.39 Å². The number of methoxy groups -OCH3 is 1. The maximum Gasteiger partial charge on any atom is 0.150 e. The molecule has 1 aliphatic rings. The minimum Gasteiger partial charge on any atom is -0.384 e. The van der Waals surface area contributed by atoms with Crippen molar-refractivity contribution in [2.45, 2.75) is 25.3 Å². The van der Waals surface area contributed by atoms with Crippen LogP contribution in [-0.2, 0) is 22.5 Å². The topological polar surface area (TPSA) is 64.4 Å². The molecule has 0 spiro atoms. The van der Waals surface area contributed by atoms with Gasteiger partial charge in [-0.05, 0) is 17.7 Å². The van der Waals surface area contributed by atoms with Gasteiger partial charge in [0, 0.05) is 54.7 Å². The van der Waals surface area contributed by atoms with Crippen LogP contribution in [0.25, 0.3) is 0 Å². The van der Waals surface area contributed by atoms with E-state index in [-0.39, 0.29) is 36.8 Å². The molecule has 1 atom stereocenters. The van der Waals surface area contributed by atoms with E-state index in [9.17, 15) is 4.79 Å². The molecule has 5 nitrogen and oxygen atoms in total. The molecule has 4 rings (SSSR count). The molecule has 0 amide bonds. The van der Waals surface area contributed by atoms with E-state index in [0.29, 0.717) is 23.4 Å². The van der Waals surface area contributed by atoms with Gasteiger partial charge in [0.1, 0.15) is 5.78 Å². The van der Waals surface area contributed by atoms with Crippen molar-refractivity contribution in [3.05, 3.63) is 94.8 Å². The molecular weight excluding hydrogens is 381 g/mol. The van der Waals surface area contributed by atoms with E-state index >= 15 is 4.39 Å². The normalized spacial score (nSPS) is 13.6. The maximum atomic E-state index is 15.1. The fourth-order valence-electron chi connectivity index (χ4n) is 3.78. The second-order valence-electron chi connectivity index (χ2n) is 7.29. The average molecular weight is 403 g/mol. The highest BCUT2D eigenvalue weighted by Crippen LogP contribution is 2.27. The summed E-state index contributed by atoms with van der Waals surface area (Å²) in [4.78, 5) is 25.5. The first-order valence-electron chi connectivity index (χ1n) is 9.84. The summed E-state index contributed by atoms with van der Waals surface area (Å²) >= 11 is 0. The van der Waals surface area contributed by atoms with E-state index in [2.05, 4.69) is 15.0 Å². The van der Waals surface area contributed by atoms with E-state index in [1.165, 1.54) is 0 Å². The SMILES string of the molecule is COC[C@@H](CC(=O)Cc1ncc2c(c1F)CN=C2c1ccncc1)c1ccccc1. The molecule has 0 fully saturated rings. The number of carbonyl (C=O) groups excluding carboxylic acids is 1. The largest absolute Gasteiger partial charge is 0.384 e. The van der Waals surface area contributed by atoms with Gasteiger partial charge in [-0.3, -0.25) is 19.8 Å². The molecule has 0 N–H and O–H groups in total. The molecule has 152 valence electrons. The molecule has 0 saturated heterocycles. The van der Waals surface area contributed by atoms with Gasteiger partial charge in [0.15, 0.2) is 5.82 Å². The fraction of sp³-hybridized carbons (Fsp3) is 0.250. The van der Waals surface area contributed by atoms with E-state index in [4.69, 9.17) is 4.74 Å². The summed E-state index contributed by atoms with van der Waals surface area (Å²) in [5.74, 6) is -0.569. The Morgan fingerprint density at radius 3 is 2.67 bits per heavy atom. The van der Waals surface area contributed by atoms with Gasteiger partial charge in [0.25, 0.3) is 0 Å². The third-order valence-corrected chi connectivity index (χ3v) is 5.27. The Labute approximate surface area is 174 Å². The number of pyridine rings is 2. The van der Waals surface area contributed by atoms with Crippen LogP contribution in [0.1, 0.15) is 40.3 Å². The summed E-state index contributed by atoms with van der Waals surface area (Å²) in [7, 11) is 1.61. The second kappa shape index (κ2) is 9.05. The molecule has 30 heavy (non-hydrogen) atoms. The third-order valence-electron chi connectivity index (χ3n) is 5.27. The van der Waals surface area contributed by atoms with Crippen molar-refractivity contribution < 1.29 is 13.9 Å². The first-order chi connectivity index (χ1) is 14.7. The number of hydrogen-bond donors (Lipinski definition) is 0. The number of halogens is 1. The number of ether oxygens (including phenoxy) is 1. The van der Waals surface area contributed by atoms with E-state index in [0.717, 1.165) is 11.1 Å². The highest BCUT2D eigenvalue weighted by molar-refractivity contribution is 6.14. The van der Waals surface area contributed by atoms with Gasteiger partial charge >= 0.3 is 0 Å². The average Bonchev–Trinajstić information content (AvgIpc) is 3.21. The van der Waals surface area contributed by atoms with Crippen molar-refractivity contribution in [3.8, 4) is 0 Å². The molecule has 3 heterocycles. The Kier molecular flexibility index (Phi) is 6.05. The van der Waals surface area contributed by atoms with Gasteiger partial charge in [-0.15, -0.1) is 0 Å². The van der Waals surface area contributed by atoms with E-state index in [1.807, 2.05) is 42.5 Å². The van der Waals surface area contributed by atoms with Crippen LogP contribution in [0.15, 0.2) is 66.0 Å². The number of benzene rings is 1. The highest BCUT2D eigenvalue weighted by Gasteiger charge is 2.25.